The first-order valence-corrected chi connectivity index (χ1v) is 7.56. The van der Waals surface area contributed by atoms with Gasteiger partial charge in [0, 0.05) is 13.1 Å². The topological polar surface area (TPSA) is 70.4 Å². The minimum Gasteiger partial charge on any atom is -0.497 e. The van der Waals surface area contributed by atoms with Gasteiger partial charge in [-0.1, -0.05) is 12.1 Å². The van der Waals surface area contributed by atoms with E-state index in [4.69, 9.17) is 10.00 Å². The highest BCUT2D eigenvalue weighted by Crippen LogP contribution is 2.25. The molecule has 0 radical (unpaired) electrons. The molecule has 5 nitrogen and oxygen atoms in total. The van der Waals surface area contributed by atoms with Crippen molar-refractivity contribution < 1.29 is 13.2 Å². The van der Waals surface area contributed by atoms with Gasteiger partial charge in [-0.3, -0.25) is 4.31 Å². The second-order valence-electron chi connectivity index (χ2n) is 4.31. The van der Waals surface area contributed by atoms with Gasteiger partial charge in [-0.25, -0.2) is 8.42 Å². The molecule has 0 N–H and O–H groups in total. The van der Waals surface area contributed by atoms with Crippen LogP contribution in [0.2, 0.25) is 0 Å². The highest BCUT2D eigenvalue weighted by molar-refractivity contribution is 7.92. The molecule has 0 unspecified atom stereocenters. The van der Waals surface area contributed by atoms with E-state index in [0.717, 1.165) is 4.31 Å². The number of methoxy groups -OCH3 is 1. The molecule has 2 aromatic rings. The van der Waals surface area contributed by atoms with Gasteiger partial charge in [0.15, 0.2) is 0 Å². The third kappa shape index (κ3) is 2.98. The van der Waals surface area contributed by atoms with Crippen molar-refractivity contribution in [3.63, 3.8) is 0 Å². The van der Waals surface area contributed by atoms with Crippen molar-refractivity contribution in [2.75, 3.05) is 18.5 Å². The van der Waals surface area contributed by atoms with Crippen molar-refractivity contribution >= 4 is 15.7 Å². The van der Waals surface area contributed by atoms with Gasteiger partial charge >= 0.3 is 0 Å². The van der Waals surface area contributed by atoms with Crippen LogP contribution in [-0.2, 0) is 10.0 Å². The number of sulfonamides is 1. The van der Waals surface area contributed by atoms with Gasteiger partial charge in [0.1, 0.15) is 5.75 Å². The molecule has 0 aliphatic heterocycles. The molecule has 0 fully saturated rings. The first-order valence-electron chi connectivity index (χ1n) is 6.12. The summed E-state index contributed by atoms with van der Waals surface area (Å²) in [6.45, 7) is 0. The lowest BCUT2D eigenvalue weighted by Crippen LogP contribution is -2.26. The SMILES string of the molecule is COc1cccc(N(C)S(=O)(=O)c2cccc(C#N)c2)c1. The molecule has 0 bridgehead atoms. The summed E-state index contributed by atoms with van der Waals surface area (Å²) in [7, 11) is -0.744. The number of hydrogen-bond donors (Lipinski definition) is 0. The number of nitrogens with zero attached hydrogens (tertiary/aromatic N) is 2. The molecular weight excluding hydrogens is 288 g/mol. The maximum Gasteiger partial charge on any atom is 0.264 e. The number of hydrogen-bond acceptors (Lipinski definition) is 4. The minimum atomic E-state index is -3.72. The van der Waals surface area contributed by atoms with Crippen molar-refractivity contribution in [1.82, 2.24) is 0 Å². The Kier molecular flexibility index (Phi) is 4.15. The molecule has 0 spiro atoms. The smallest absolute Gasteiger partial charge is 0.264 e. The van der Waals surface area contributed by atoms with Gasteiger partial charge in [0.2, 0.25) is 0 Å². The summed E-state index contributed by atoms with van der Waals surface area (Å²) in [5, 5.41) is 8.88. The number of anilines is 1. The fourth-order valence-corrected chi connectivity index (χ4v) is 3.06. The molecule has 2 rings (SSSR count). The average Bonchev–Trinajstić information content (AvgIpc) is 2.54. The Hall–Kier alpha value is -2.52. The Morgan fingerprint density at radius 1 is 1.14 bits per heavy atom. The van der Waals surface area contributed by atoms with Crippen molar-refractivity contribution in [3.05, 3.63) is 54.1 Å². The van der Waals surface area contributed by atoms with Crippen LogP contribution in [0.3, 0.4) is 0 Å². The summed E-state index contributed by atoms with van der Waals surface area (Å²) in [6, 6.07) is 14.6. The zero-order chi connectivity index (χ0) is 15.5. The van der Waals surface area contributed by atoms with Gasteiger partial charge in [0.05, 0.1) is 29.3 Å². The van der Waals surface area contributed by atoms with Crippen molar-refractivity contribution in [2.45, 2.75) is 4.90 Å². The highest BCUT2D eigenvalue weighted by Gasteiger charge is 2.21. The van der Waals surface area contributed by atoms with Gasteiger partial charge in [0.25, 0.3) is 10.0 Å². The van der Waals surface area contributed by atoms with E-state index in [-0.39, 0.29) is 4.90 Å². The zero-order valence-corrected chi connectivity index (χ0v) is 12.5. The van der Waals surface area contributed by atoms with Crippen LogP contribution in [0.15, 0.2) is 53.4 Å². The van der Waals surface area contributed by atoms with Crippen LogP contribution in [0, 0.1) is 11.3 Å². The first-order chi connectivity index (χ1) is 9.98. The lowest BCUT2D eigenvalue weighted by atomic mass is 10.2. The molecule has 0 saturated heterocycles. The molecule has 0 amide bonds. The monoisotopic (exact) mass is 302 g/mol. The number of ether oxygens (including phenoxy) is 1. The third-order valence-corrected chi connectivity index (χ3v) is 4.82. The van der Waals surface area contributed by atoms with Crippen molar-refractivity contribution in [1.29, 1.82) is 5.26 Å². The Morgan fingerprint density at radius 3 is 2.52 bits per heavy atom. The van der Waals surface area contributed by atoms with E-state index < -0.39 is 10.0 Å². The van der Waals surface area contributed by atoms with Crippen molar-refractivity contribution in [3.8, 4) is 11.8 Å². The fourth-order valence-electron chi connectivity index (χ4n) is 1.83. The zero-order valence-electron chi connectivity index (χ0n) is 11.6. The van der Waals surface area contributed by atoms with E-state index in [2.05, 4.69) is 0 Å². The van der Waals surface area contributed by atoms with Crippen molar-refractivity contribution in [2.24, 2.45) is 0 Å². The molecule has 0 aliphatic rings. The molecule has 0 atom stereocenters. The molecule has 0 heterocycles. The summed E-state index contributed by atoms with van der Waals surface area (Å²) >= 11 is 0. The fraction of sp³-hybridized carbons (Fsp3) is 0.133. The van der Waals surface area contributed by atoms with Crippen LogP contribution < -0.4 is 9.04 Å². The average molecular weight is 302 g/mol. The Bertz CT molecular complexity index is 795. The van der Waals surface area contributed by atoms with Gasteiger partial charge < -0.3 is 4.74 Å². The molecule has 108 valence electrons. The molecule has 2 aromatic carbocycles. The van der Waals surface area contributed by atoms with E-state index in [9.17, 15) is 8.42 Å². The van der Waals surface area contributed by atoms with E-state index in [1.807, 2.05) is 6.07 Å². The minimum absolute atomic E-state index is 0.0758. The molecule has 0 saturated carbocycles. The van der Waals surface area contributed by atoms with Crippen LogP contribution in [0.25, 0.3) is 0 Å². The standard InChI is InChI=1S/C15H14N2O3S/c1-17(13-6-4-7-14(10-13)20-2)21(18,19)15-8-3-5-12(9-15)11-16/h3-10H,1-2H3. The maximum atomic E-state index is 12.6. The van der Waals surface area contributed by atoms with E-state index in [0.29, 0.717) is 17.0 Å². The lowest BCUT2D eigenvalue weighted by Gasteiger charge is -2.20. The second-order valence-corrected chi connectivity index (χ2v) is 6.28. The number of benzene rings is 2. The highest BCUT2D eigenvalue weighted by atomic mass is 32.2. The Labute approximate surface area is 124 Å². The molecule has 21 heavy (non-hydrogen) atoms. The summed E-state index contributed by atoms with van der Waals surface area (Å²) < 4.78 is 31.4. The predicted octanol–water partition coefficient (Wildman–Crippen LogP) is 2.39. The molecule has 6 heteroatoms. The van der Waals surface area contributed by atoms with Gasteiger partial charge in [-0.15, -0.1) is 0 Å². The largest absolute Gasteiger partial charge is 0.497 e. The van der Waals surface area contributed by atoms with E-state index in [1.165, 1.54) is 26.3 Å². The normalized spacial score (nSPS) is 10.7. The number of rotatable bonds is 4. The van der Waals surface area contributed by atoms with Crippen LogP contribution in [0.5, 0.6) is 5.75 Å². The maximum absolute atomic E-state index is 12.6. The molecule has 0 aromatic heterocycles. The summed E-state index contributed by atoms with van der Waals surface area (Å²) in [6.07, 6.45) is 0. The van der Waals surface area contributed by atoms with Crippen LogP contribution >= 0.6 is 0 Å². The van der Waals surface area contributed by atoms with Gasteiger partial charge in [-0.05, 0) is 30.3 Å². The quantitative estimate of drug-likeness (QED) is 0.869. The van der Waals surface area contributed by atoms with E-state index >= 15 is 0 Å². The Morgan fingerprint density at radius 2 is 1.86 bits per heavy atom. The Balaban J connectivity index is 2.45. The third-order valence-electron chi connectivity index (χ3n) is 3.04. The summed E-state index contributed by atoms with van der Waals surface area (Å²) in [5.74, 6) is 0.570. The summed E-state index contributed by atoms with van der Waals surface area (Å²) in [5.41, 5.74) is 0.784. The molecular formula is C15H14N2O3S. The number of nitriles is 1. The van der Waals surface area contributed by atoms with Crippen LogP contribution in [0.1, 0.15) is 5.56 Å². The second kappa shape index (κ2) is 5.85. The first kappa shape index (κ1) is 14.9. The predicted molar refractivity (Wildman–Crippen MR) is 79.7 cm³/mol. The van der Waals surface area contributed by atoms with E-state index in [1.54, 1.807) is 36.4 Å². The van der Waals surface area contributed by atoms with Gasteiger partial charge in [-0.2, -0.15) is 5.26 Å². The summed E-state index contributed by atoms with van der Waals surface area (Å²) in [4.78, 5) is 0.0758. The van der Waals surface area contributed by atoms with Crippen LogP contribution in [-0.4, -0.2) is 22.6 Å². The molecule has 0 aliphatic carbocycles. The van der Waals surface area contributed by atoms with Crippen LogP contribution in [0.4, 0.5) is 5.69 Å². The lowest BCUT2D eigenvalue weighted by molar-refractivity contribution is 0.415.